The summed E-state index contributed by atoms with van der Waals surface area (Å²) in [4.78, 5) is 16.1. The van der Waals surface area contributed by atoms with Gasteiger partial charge in [0.25, 0.3) is 5.91 Å². The van der Waals surface area contributed by atoms with Gasteiger partial charge in [-0.05, 0) is 19.1 Å². The molecule has 5 heteroatoms. The van der Waals surface area contributed by atoms with Crippen molar-refractivity contribution >= 4 is 33.8 Å². The van der Waals surface area contributed by atoms with E-state index in [1.165, 1.54) is 0 Å². The van der Waals surface area contributed by atoms with E-state index in [4.69, 9.17) is 0 Å². The van der Waals surface area contributed by atoms with Crippen LogP contribution in [0.2, 0.25) is 0 Å². The molecular weight excluding hydrogens is 252 g/mol. The molecule has 0 bridgehead atoms. The van der Waals surface area contributed by atoms with Crippen LogP contribution in [0.15, 0.2) is 29.3 Å². The van der Waals surface area contributed by atoms with E-state index in [0.717, 1.165) is 22.2 Å². The van der Waals surface area contributed by atoms with E-state index in [1.54, 1.807) is 23.5 Å². The number of amides is 1. The van der Waals surface area contributed by atoms with Crippen molar-refractivity contribution in [2.24, 2.45) is 4.99 Å². The highest BCUT2D eigenvalue weighted by Crippen LogP contribution is 2.21. The Morgan fingerprint density at radius 3 is 2.88 bits per heavy atom. The summed E-state index contributed by atoms with van der Waals surface area (Å²) in [5.74, 6) is 1.62. The molecule has 1 heterocycles. The third-order valence-corrected chi connectivity index (χ3v) is 4.43. The van der Waals surface area contributed by atoms with Gasteiger partial charge in [-0.2, -0.15) is 0 Å². The number of carbonyl (C=O) groups excluding carboxylic acids is 1. The minimum absolute atomic E-state index is 0.0268. The second kappa shape index (κ2) is 6.12. The molecule has 0 saturated heterocycles. The lowest BCUT2D eigenvalue weighted by molar-refractivity contribution is 0.0961. The molecular formula is C12H14N2OS2. The summed E-state index contributed by atoms with van der Waals surface area (Å²) < 4.78 is 1.08. The number of benzene rings is 1. The van der Waals surface area contributed by atoms with Crippen molar-refractivity contribution in [3.05, 3.63) is 35.4 Å². The number of carbonyl (C=O) groups is 1. The molecule has 0 radical (unpaired) electrons. The second-order valence-corrected chi connectivity index (χ2v) is 5.96. The zero-order valence-electron chi connectivity index (χ0n) is 9.60. The Hall–Kier alpha value is -0.940. The van der Waals surface area contributed by atoms with Gasteiger partial charge in [0.05, 0.1) is 12.4 Å². The molecule has 1 amide bonds. The van der Waals surface area contributed by atoms with Gasteiger partial charge in [-0.15, -0.1) is 0 Å². The predicted molar refractivity (Wildman–Crippen MR) is 75.9 cm³/mol. The quantitative estimate of drug-likeness (QED) is 0.855. The number of aryl methyl sites for hydroxylation is 1. The van der Waals surface area contributed by atoms with Crippen LogP contribution in [0.25, 0.3) is 0 Å². The van der Waals surface area contributed by atoms with Gasteiger partial charge in [0.15, 0.2) is 0 Å². The van der Waals surface area contributed by atoms with Crippen LogP contribution in [0.5, 0.6) is 0 Å². The van der Waals surface area contributed by atoms with Gasteiger partial charge in [-0.25, -0.2) is 0 Å². The summed E-state index contributed by atoms with van der Waals surface area (Å²) in [6.07, 6.45) is 0. The number of hydrogen-bond donors (Lipinski definition) is 1. The molecule has 1 aliphatic rings. The fourth-order valence-corrected chi connectivity index (χ4v) is 3.18. The van der Waals surface area contributed by atoms with Crippen molar-refractivity contribution in [2.75, 3.05) is 18.2 Å². The minimum Gasteiger partial charge on any atom is -0.343 e. The van der Waals surface area contributed by atoms with E-state index >= 15 is 0 Å². The van der Waals surface area contributed by atoms with E-state index < -0.39 is 0 Å². The predicted octanol–water partition coefficient (Wildman–Crippen LogP) is 2.52. The zero-order valence-corrected chi connectivity index (χ0v) is 11.2. The third-order valence-electron chi connectivity index (χ3n) is 2.30. The Kier molecular flexibility index (Phi) is 4.50. The van der Waals surface area contributed by atoms with Crippen LogP contribution < -0.4 is 5.32 Å². The summed E-state index contributed by atoms with van der Waals surface area (Å²) in [6, 6.07) is 7.58. The van der Waals surface area contributed by atoms with Crippen molar-refractivity contribution in [3.8, 4) is 0 Å². The molecule has 0 fully saturated rings. The Labute approximate surface area is 109 Å². The molecule has 0 aromatic heterocycles. The SMILES string of the molecule is Cc1ccc(C(=O)NCSC2=NCCS2)cc1. The first-order valence-corrected chi connectivity index (χ1v) is 7.38. The average molecular weight is 266 g/mol. The fraction of sp³-hybridized carbons (Fsp3) is 0.333. The van der Waals surface area contributed by atoms with Gasteiger partial charge < -0.3 is 5.32 Å². The van der Waals surface area contributed by atoms with Gasteiger partial charge in [-0.3, -0.25) is 9.79 Å². The number of rotatable bonds is 3. The van der Waals surface area contributed by atoms with Crippen molar-refractivity contribution < 1.29 is 4.79 Å². The molecule has 0 spiro atoms. The van der Waals surface area contributed by atoms with E-state index in [0.29, 0.717) is 11.4 Å². The Morgan fingerprint density at radius 1 is 1.47 bits per heavy atom. The largest absolute Gasteiger partial charge is 0.343 e. The van der Waals surface area contributed by atoms with Gasteiger partial charge in [-0.1, -0.05) is 41.2 Å². The molecule has 1 N–H and O–H groups in total. The minimum atomic E-state index is -0.0268. The van der Waals surface area contributed by atoms with E-state index in [9.17, 15) is 4.79 Å². The van der Waals surface area contributed by atoms with Crippen LogP contribution in [0.4, 0.5) is 0 Å². The van der Waals surface area contributed by atoms with Gasteiger partial charge >= 0.3 is 0 Å². The highest BCUT2D eigenvalue weighted by atomic mass is 32.2. The number of nitrogens with one attached hydrogen (secondary N) is 1. The maximum absolute atomic E-state index is 11.8. The Morgan fingerprint density at radius 2 is 2.24 bits per heavy atom. The molecule has 0 atom stereocenters. The van der Waals surface area contributed by atoms with Crippen molar-refractivity contribution in [3.63, 3.8) is 0 Å². The normalized spacial score (nSPS) is 14.5. The molecule has 2 rings (SSSR count). The van der Waals surface area contributed by atoms with Gasteiger partial charge in [0.1, 0.15) is 4.38 Å². The highest BCUT2D eigenvalue weighted by molar-refractivity contribution is 8.39. The van der Waals surface area contributed by atoms with E-state index in [-0.39, 0.29) is 5.91 Å². The number of thioether (sulfide) groups is 2. The zero-order chi connectivity index (χ0) is 12.1. The van der Waals surface area contributed by atoms with Gasteiger partial charge in [0, 0.05) is 11.3 Å². The van der Waals surface area contributed by atoms with Crippen LogP contribution in [0, 0.1) is 6.92 Å². The number of aliphatic imine (C=N–C) groups is 1. The molecule has 0 saturated carbocycles. The molecule has 1 aromatic carbocycles. The summed E-state index contributed by atoms with van der Waals surface area (Å²) in [6.45, 7) is 2.91. The van der Waals surface area contributed by atoms with Crippen molar-refractivity contribution in [1.82, 2.24) is 5.32 Å². The Bertz CT molecular complexity index is 429. The van der Waals surface area contributed by atoms with Crippen molar-refractivity contribution in [1.29, 1.82) is 0 Å². The number of nitrogens with zero attached hydrogens (tertiary/aromatic N) is 1. The number of hydrogen-bond acceptors (Lipinski definition) is 4. The first-order valence-electron chi connectivity index (χ1n) is 5.40. The molecule has 0 unspecified atom stereocenters. The third kappa shape index (κ3) is 3.78. The molecule has 17 heavy (non-hydrogen) atoms. The van der Waals surface area contributed by atoms with Crippen molar-refractivity contribution in [2.45, 2.75) is 6.92 Å². The summed E-state index contributed by atoms with van der Waals surface area (Å²) >= 11 is 3.34. The maximum atomic E-state index is 11.8. The molecule has 0 aliphatic carbocycles. The second-order valence-electron chi connectivity index (χ2n) is 3.66. The molecule has 90 valence electrons. The standard InChI is InChI=1S/C12H14N2OS2/c1-9-2-4-10(5-3-9)11(15)14-8-17-12-13-6-7-16-12/h2-5H,6-8H2,1H3,(H,14,15). The van der Waals surface area contributed by atoms with Crippen LogP contribution in [0.1, 0.15) is 15.9 Å². The van der Waals surface area contributed by atoms with Crippen LogP contribution >= 0.6 is 23.5 Å². The Balaban J connectivity index is 1.79. The monoisotopic (exact) mass is 266 g/mol. The first kappa shape index (κ1) is 12.5. The smallest absolute Gasteiger partial charge is 0.251 e. The summed E-state index contributed by atoms with van der Waals surface area (Å²) in [5.41, 5.74) is 1.87. The lowest BCUT2D eigenvalue weighted by Crippen LogP contribution is -2.23. The summed E-state index contributed by atoms with van der Waals surface area (Å²) in [7, 11) is 0. The summed E-state index contributed by atoms with van der Waals surface area (Å²) in [5, 5.41) is 2.88. The fourth-order valence-electron chi connectivity index (χ4n) is 1.37. The molecule has 3 nitrogen and oxygen atoms in total. The van der Waals surface area contributed by atoms with E-state index in [2.05, 4.69) is 10.3 Å². The first-order chi connectivity index (χ1) is 8.25. The topological polar surface area (TPSA) is 41.5 Å². The average Bonchev–Trinajstić information content (AvgIpc) is 2.83. The molecule has 1 aliphatic heterocycles. The maximum Gasteiger partial charge on any atom is 0.251 e. The molecule has 1 aromatic rings. The van der Waals surface area contributed by atoms with Crippen LogP contribution in [-0.4, -0.2) is 28.5 Å². The lowest BCUT2D eigenvalue weighted by Gasteiger charge is -2.04. The van der Waals surface area contributed by atoms with Gasteiger partial charge in [0.2, 0.25) is 0 Å². The highest BCUT2D eigenvalue weighted by Gasteiger charge is 2.09. The van der Waals surface area contributed by atoms with Crippen LogP contribution in [-0.2, 0) is 0 Å². The van der Waals surface area contributed by atoms with Crippen LogP contribution in [0.3, 0.4) is 0 Å². The van der Waals surface area contributed by atoms with E-state index in [1.807, 2.05) is 31.2 Å². The lowest BCUT2D eigenvalue weighted by atomic mass is 10.1.